The molecule has 19 heavy (non-hydrogen) atoms. The second-order valence-electron chi connectivity index (χ2n) is 4.00. The number of rotatable bonds is 7. The largest absolute Gasteiger partial charge is 0.493 e. The number of hydrogen-bond donors (Lipinski definition) is 0. The first kappa shape index (κ1) is 15.7. The summed E-state index contributed by atoms with van der Waals surface area (Å²) in [5.74, 6) is 0.289. The van der Waals surface area contributed by atoms with Crippen LogP contribution in [0.5, 0.6) is 5.75 Å². The molecule has 0 unspecified atom stereocenters. The first-order valence-electron chi connectivity index (χ1n) is 5.60. The van der Waals surface area contributed by atoms with E-state index in [9.17, 15) is 18.5 Å². The molecule has 0 N–H and O–H groups in total. The Balaban J connectivity index is 2.46. The first-order chi connectivity index (χ1) is 8.79. The minimum atomic E-state index is -3.47. The predicted molar refractivity (Wildman–Crippen MR) is 72.2 cm³/mol. The highest BCUT2D eigenvalue weighted by Gasteiger charge is 2.11. The Bertz CT molecular complexity index is 558. The molecule has 0 aliphatic heterocycles. The van der Waals surface area contributed by atoms with Gasteiger partial charge in [0.05, 0.1) is 23.3 Å². The number of hydrogen-bond acceptors (Lipinski definition) is 5. The summed E-state index contributed by atoms with van der Waals surface area (Å²) >= 11 is 0. The van der Waals surface area contributed by atoms with Crippen molar-refractivity contribution >= 4 is 25.4 Å². The molecule has 0 amide bonds. The van der Waals surface area contributed by atoms with E-state index in [1.54, 1.807) is 19.1 Å². The van der Waals surface area contributed by atoms with Crippen LogP contribution in [0.1, 0.15) is 18.4 Å². The third kappa shape index (κ3) is 5.89. The molecule has 1 rings (SSSR count). The van der Waals surface area contributed by atoms with Crippen molar-refractivity contribution in [3.05, 3.63) is 33.9 Å². The normalized spacial score (nSPS) is 11.3. The zero-order valence-electron chi connectivity index (χ0n) is 10.3. The Morgan fingerprint density at radius 1 is 1.37 bits per heavy atom. The number of nitro benzene ring substituents is 1. The van der Waals surface area contributed by atoms with Crippen molar-refractivity contribution in [2.24, 2.45) is 0 Å². The van der Waals surface area contributed by atoms with Crippen LogP contribution < -0.4 is 4.74 Å². The molecule has 6 nitrogen and oxygen atoms in total. The van der Waals surface area contributed by atoms with Gasteiger partial charge >= 0.3 is 0 Å². The molecule has 0 saturated carbocycles. The fourth-order valence-electron chi connectivity index (χ4n) is 1.44. The van der Waals surface area contributed by atoms with Crippen molar-refractivity contribution in [3.63, 3.8) is 0 Å². The van der Waals surface area contributed by atoms with Crippen LogP contribution in [-0.2, 0) is 9.05 Å². The summed E-state index contributed by atoms with van der Waals surface area (Å²) < 4.78 is 26.7. The third-order valence-corrected chi connectivity index (χ3v) is 3.67. The van der Waals surface area contributed by atoms with Crippen molar-refractivity contribution in [1.29, 1.82) is 0 Å². The van der Waals surface area contributed by atoms with E-state index in [2.05, 4.69) is 0 Å². The topological polar surface area (TPSA) is 86.5 Å². The minimum Gasteiger partial charge on any atom is -0.493 e. The highest BCUT2D eigenvalue weighted by molar-refractivity contribution is 8.13. The van der Waals surface area contributed by atoms with Crippen LogP contribution in [-0.4, -0.2) is 25.7 Å². The first-order valence-corrected chi connectivity index (χ1v) is 8.07. The number of halogens is 1. The fraction of sp³-hybridized carbons (Fsp3) is 0.455. The minimum absolute atomic E-state index is 0.000774. The molecule has 0 fully saturated rings. The summed E-state index contributed by atoms with van der Waals surface area (Å²) in [7, 11) is 1.59. The highest BCUT2D eigenvalue weighted by atomic mass is 35.7. The van der Waals surface area contributed by atoms with Gasteiger partial charge in [-0.05, 0) is 31.9 Å². The zero-order valence-corrected chi connectivity index (χ0v) is 11.9. The number of aryl methyl sites for hydroxylation is 1. The summed E-state index contributed by atoms with van der Waals surface area (Å²) in [4.78, 5) is 10.3. The molecule has 0 aliphatic rings. The van der Waals surface area contributed by atoms with E-state index >= 15 is 0 Å². The van der Waals surface area contributed by atoms with Gasteiger partial charge in [0.15, 0.2) is 0 Å². The maximum Gasteiger partial charge on any atom is 0.275 e. The van der Waals surface area contributed by atoms with E-state index in [-0.39, 0.29) is 18.0 Å². The molecule has 106 valence electrons. The van der Waals surface area contributed by atoms with Crippen LogP contribution in [0.2, 0.25) is 0 Å². The standard InChI is InChI=1S/C11H14ClNO5S/c1-9-4-5-10(8-11(9)13(14)15)18-6-2-3-7-19(12,16)17/h4-5,8H,2-3,6-7H2,1H3. The molecular weight excluding hydrogens is 294 g/mol. The summed E-state index contributed by atoms with van der Waals surface area (Å²) in [5, 5.41) is 10.7. The van der Waals surface area contributed by atoms with Crippen LogP contribution >= 0.6 is 10.7 Å². The molecule has 1 aromatic carbocycles. The molecule has 0 bridgehead atoms. The van der Waals surface area contributed by atoms with Crippen LogP contribution in [0.15, 0.2) is 18.2 Å². The maximum atomic E-state index is 10.7. The lowest BCUT2D eigenvalue weighted by molar-refractivity contribution is -0.385. The van der Waals surface area contributed by atoms with Crippen molar-refractivity contribution in [3.8, 4) is 5.75 Å². The van der Waals surface area contributed by atoms with Crippen molar-refractivity contribution in [1.82, 2.24) is 0 Å². The molecule has 0 spiro atoms. The summed E-state index contributed by atoms with van der Waals surface area (Å²) in [5.41, 5.74) is 0.561. The quantitative estimate of drug-likeness (QED) is 0.334. The van der Waals surface area contributed by atoms with Crippen LogP contribution in [0, 0.1) is 17.0 Å². The smallest absolute Gasteiger partial charge is 0.275 e. The average Bonchev–Trinajstić information content (AvgIpc) is 2.29. The van der Waals surface area contributed by atoms with E-state index in [0.717, 1.165) is 0 Å². The summed E-state index contributed by atoms with van der Waals surface area (Å²) in [6, 6.07) is 4.60. The van der Waals surface area contributed by atoms with E-state index in [4.69, 9.17) is 15.4 Å². The lowest BCUT2D eigenvalue weighted by Crippen LogP contribution is -2.03. The summed E-state index contributed by atoms with van der Waals surface area (Å²) in [6.45, 7) is 1.93. The van der Waals surface area contributed by atoms with Crippen LogP contribution in [0.3, 0.4) is 0 Å². The van der Waals surface area contributed by atoms with Crippen LogP contribution in [0.4, 0.5) is 5.69 Å². The Morgan fingerprint density at radius 3 is 2.63 bits per heavy atom. The van der Waals surface area contributed by atoms with Gasteiger partial charge in [0, 0.05) is 16.2 Å². The number of nitro groups is 1. The molecule has 0 aromatic heterocycles. The molecule has 0 saturated heterocycles. The van der Waals surface area contributed by atoms with E-state index < -0.39 is 14.0 Å². The van der Waals surface area contributed by atoms with Gasteiger partial charge in [-0.15, -0.1) is 0 Å². The number of benzene rings is 1. The Kier molecular flexibility index (Phi) is 5.56. The molecule has 0 atom stereocenters. The SMILES string of the molecule is Cc1ccc(OCCCCS(=O)(=O)Cl)cc1[N+](=O)[O-]. The molecule has 0 aliphatic carbocycles. The fourth-order valence-corrected chi connectivity index (χ4v) is 2.32. The van der Waals surface area contributed by atoms with Gasteiger partial charge in [-0.1, -0.05) is 0 Å². The Hall–Kier alpha value is -1.34. The number of unbranched alkanes of at least 4 members (excludes halogenated alkanes) is 1. The van der Waals surface area contributed by atoms with E-state index in [1.807, 2.05) is 0 Å². The maximum absolute atomic E-state index is 10.7. The van der Waals surface area contributed by atoms with Gasteiger partial charge in [0.2, 0.25) is 9.05 Å². The van der Waals surface area contributed by atoms with Gasteiger partial charge in [-0.2, -0.15) is 0 Å². The number of nitrogens with zero attached hydrogens (tertiary/aromatic N) is 1. The highest BCUT2D eigenvalue weighted by Crippen LogP contribution is 2.23. The van der Waals surface area contributed by atoms with Gasteiger partial charge in [-0.25, -0.2) is 8.42 Å². The lowest BCUT2D eigenvalue weighted by atomic mass is 10.2. The van der Waals surface area contributed by atoms with E-state index in [0.29, 0.717) is 24.2 Å². The van der Waals surface area contributed by atoms with E-state index in [1.165, 1.54) is 6.07 Å². The van der Waals surface area contributed by atoms with Gasteiger partial charge in [0.1, 0.15) is 5.75 Å². The van der Waals surface area contributed by atoms with Gasteiger partial charge in [-0.3, -0.25) is 10.1 Å². The molecule has 0 radical (unpaired) electrons. The number of ether oxygens (including phenoxy) is 1. The predicted octanol–water partition coefficient (Wildman–Crippen LogP) is 2.63. The average molecular weight is 308 g/mol. The van der Waals surface area contributed by atoms with Crippen LogP contribution in [0.25, 0.3) is 0 Å². The second-order valence-corrected chi connectivity index (χ2v) is 6.90. The Morgan fingerprint density at radius 2 is 2.05 bits per heavy atom. The van der Waals surface area contributed by atoms with Gasteiger partial charge < -0.3 is 4.74 Å². The van der Waals surface area contributed by atoms with Crippen molar-refractivity contribution in [2.45, 2.75) is 19.8 Å². The second kappa shape index (κ2) is 6.72. The zero-order chi connectivity index (χ0) is 14.5. The Labute approximate surface area is 115 Å². The van der Waals surface area contributed by atoms with Crippen molar-refractivity contribution in [2.75, 3.05) is 12.4 Å². The van der Waals surface area contributed by atoms with Gasteiger partial charge in [0.25, 0.3) is 5.69 Å². The monoisotopic (exact) mass is 307 g/mol. The molecule has 8 heteroatoms. The third-order valence-electron chi connectivity index (χ3n) is 2.43. The summed E-state index contributed by atoms with van der Waals surface area (Å²) in [6.07, 6.45) is 0.896. The molecule has 0 heterocycles. The molecular formula is C11H14ClNO5S. The van der Waals surface area contributed by atoms with Crippen molar-refractivity contribution < 1.29 is 18.1 Å². The molecule has 1 aromatic rings. The lowest BCUT2D eigenvalue weighted by Gasteiger charge is -2.06.